The Labute approximate surface area is 139 Å². The zero-order chi connectivity index (χ0) is 15.0. The Bertz CT molecular complexity index is 712. The summed E-state index contributed by atoms with van der Waals surface area (Å²) in [6.07, 6.45) is 0. The molecule has 1 aromatic heterocycles. The van der Waals surface area contributed by atoms with Gasteiger partial charge in [0.25, 0.3) is 0 Å². The number of halogens is 3. The molecule has 2 heterocycles. The first-order chi connectivity index (χ1) is 10.1. The molecule has 5 nitrogen and oxygen atoms in total. The van der Waals surface area contributed by atoms with Crippen LogP contribution in [0.25, 0.3) is 11.4 Å². The molecule has 1 aliphatic rings. The van der Waals surface area contributed by atoms with E-state index in [4.69, 9.17) is 37.4 Å². The molecule has 0 aliphatic carbocycles. The van der Waals surface area contributed by atoms with Crippen LogP contribution in [0.4, 0.5) is 0 Å². The minimum Gasteiger partial charge on any atom is -0.454 e. The maximum absolute atomic E-state index is 6.17. The van der Waals surface area contributed by atoms with E-state index >= 15 is 0 Å². The molecule has 0 amide bonds. The van der Waals surface area contributed by atoms with E-state index in [-0.39, 0.29) is 6.79 Å². The summed E-state index contributed by atoms with van der Waals surface area (Å²) in [4.78, 5) is 8.69. The molecule has 0 saturated heterocycles. The predicted molar refractivity (Wildman–Crippen MR) is 82.0 cm³/mol. The van der Waals surface area contributed by atoms with Crippen molar-refractivity contribution < 1.29 is 14.2 Å². The quantitative estimate of drug-likeness (QED) is 0.737. The highest BCUT2D eigenvalue weighted by molar-refractivity contribution is 9.10. The van der Waals surface area contributed by atoms with E-state index in [0.29, 0.717) is 49.8 Å². The number of hydrogen-bond donors (Lipinski definition) is 0. The van der Waals surface area contributed by atoms with Crippen LogP contribution < -0.4 is 9.47 Å². The lowest BCUT2D eigenvalue weighted by molar-refractivity contribution is 0.174. The normalized spacial score (nSPS) is 12.8. The van der Waals surface area contributed by atoms with E-state index in [1.165, 1.54) is 0 Å². The Morgan fingerprint density at radius 1 is 1.29 bits per heavy atom. The molecular formula is C13H9BrCl2N2O3. The summed E-state index contributed by atoms with van der Waals surface area (Å²) < 4.78 is 16.3. The molecule has 0 N–H and O–H groups in total. The summed E-state index contributed by atoms with van der Waals surface area (Å²) in [5.41, 5.74) is 1.34. The highest BCUT2D eigenvalue weighted by Gasteiger charge is 2.20. The van der Waals surface area contributed by atoms with Crippen LogP contribution in [-0.2, 0) is 11.3 Å². The molecule has 110 valence electrons. The SMILES string of the molecule is COCc1nc(-c2cc(Cl)c3c(c2)OCO3)nc(Cl)c1Br. The standard InChI is InChI=1S/C13H9BrCl2N2O3/c1-19-4-8-10(14)12(16)18-13(17-8)6-2-7(15)11-9(3-6)20-5-21-11/h2-3H,4-5H2,1H3. The van der Waals surface area contributed by atoms with Gasteiger partial charge in [0.05, 0.1) is 21.8 Å². The zero-order valence-electron chi connectivity index (χ0n) is 10.8. The van der Waals surface area contributed by atoms with Gasteiger partial charge in [-0.2, -0.15) is 0 Å². The van der Waals surface area contributed by atoms with Crippen molar-refractivity contribution >= 4 is 39.1 Å². The van der Waals surface area contributed by atoms with Crippen LogP contribution in [-0.4, -0.2) is 23.9 Å². The summed E-state index contributed by atoms with van der Waals surface area (Å²) in [5, 5.41) is 0.747. The third-order valence-electron chi connectivity index (χ3n) is 2.85. The lowest BCUT2D eigenvalue weighted by atomic mass is 10.2. The first kappa shape index (κ1) is 14.8. The molecule has 3 rings (SSSR count). The molecule has 0 unspecified atom stereocenters. The smallest absolute Gasteiger partial charge is 0.231 e. The Balaban J connectivity index is 2.10. The fourth-order valence-electron chi connectivity index (χ4n) is 1.92. The van der Waals surface area contributed by atoms with E-state index in [9.17, 15) is 0 Å². The zero-order valence-corrected chi connectivity index (χ0v) is 13.9. The van der Waals surface area contributed by atoms with Crippen molar-refractivity contribution in [1.29, 1.82) is 0 Å². The van der Waals surface area contributed by atoms with Gasteiger partial charge in [-0.15, -0.1) is 0 Å². The van der Waals surface area contributed by atoms with Gasteiger partial charge in [-0.25, -0.2) is 9.97 Å². The second-order valence-electron chi connectivity index (χ2n) is 4.22. The van der Waals surface area contributed by atoms with Crippen molar-refractivity contribution in [3.05, 3.63) is 32.5 Å². The number of nitrogens with zero attached hydrogens (tertiary/aromatic N) is 2. The lowest BCUT2D eigenvalue weighted by Gasteiger charge is -2.09. The summed E-state index contributed by atoms with van der Waals surface area (Å²) >= 11 is 15.6. The van der Waals surface area contributed by atoms with Gasteiger partial charge in [0, 0.05) is 12.7 Å². The van der Waals surface area contributed by atoms with Crippen molar-refractivity contribution in [2.24, 2.45) is 0 Å². The number of ether oxygens (including phenoxy) is 3. The van der Waals surface area contributed by atoms with Crippen molar-refractivity contribution in [3.8, 4) is 22.9 Å². The number of methoxy groups -OCH3 is 1. The second kappa shape index (κ2) is 5.96. The molecule has 1 aliphatic heterocycles. The van der Waals surface area contributed by atoms with Crippen molar-refractivity contribution in [2.45, 2.75) is 6.61 Å². The van der Waals surface area contributed by atoms with Crippen LogP contribution in [0.5, 0.6) is 11.5 Å². The van der Waals surface area contributed by atoms with E-state index in [2.05, 4.69) is 25.9 Å². The van der Waals surface area contributed by atoms with Crippen LogP contribution in [0.3, 0.4) is 0 Å². The van der Waals surface area contributed by atoms with E-state index < -0.39 is 0 Å². The Kier molecular flexibility index (Phi) is 4.21. The Hall–Kier alpha value is -1.08. The van der Waals surface area contributed by atoms with Crippen LogP contribution >= 0.6 is 39.1 Å². The number of hydrogen-bond acceptors (Lipinski definition) is 5. The fraction of sp³-hybridized carbons (Fsp3) is 0.231. The summed E-state index contributed by atoms with van der Waals surface area (Å²) in [6.45, 7) is 0.462. The molecular weight excluding hydrogens is 383 g/mol. The minimum absolute atomic E-state index is 0.148. The first-order valence-electron chi connectivity index (χ1n) is 5.90. The Morgan fingerprint density at radius 2 is 2.10 bits per heavy atom. The first-order valence-corrected chi connectivity index (χ1v) is 7.45. The fourth-order valence-corrected chi connectivity index (χ4v) is 2.67. The van der Waals surface area contributed by atoms with Crippen LogP contribution in [0.1, 0.15) is 5.69 Å². The van der Waals surface area contributed by atoms with Gasteiger partial charge in [-0.05, 0) is 28.1 Å². The third kappa shape index (κ3) is 2.81. The monoisotopic (exact) mass is 390 g/mol. The highest BCUT2D eigenvalue weighted by atomic mass is 79.9. The Morgan fingerprint density at radius 3 is 2.86 bits per heavy atom. The molecule has 0 atom stereocenters. The number of aromatic nitrogens is 2. The van der Waals surface area contributed by atoms with Crippen LogP contribution in [0.2, 0.25) is 10.2 Å². The maximum Gasteiger partial charge on any atom is 0.231 e. The summed E-state index contributed by atoms with van der Waals surface area (Å²) in [6, 6.07) is 3.48. The minimum atomic E-state index is 0.148. The van der Waals surface area contributed by atoms with E-state index in [1.807, 2.05) is 0 Å². The van der Waals surface area contributed by atoms with Gasteiger partial charge in [0.15, 0.2) is 17.3 Å². The van der Waals surface area contributed by atoms with Crippen molar-refractivity contribution in [3.63, 3.8) is 0 Å². The van der Waals surface area contributed by atoms with Gasteiger partial charge < -0.3 is 14.2 Å². The average molecular weight is 392 g/mol. The molecule has 8 heteroatoms. The van der Waals surface area contributed by atoms with Crippen LogP contribution in [0, 0.1) is 0 Å². The lowest BCUT2D eigenvalue weighted by Crippen LogP contribution is -2.00. The summed E-state index contributed by atoms with van der Waals surface area (Å²) in [5.74, 6) is 1.53. The largest absolute Gasteiger partial charge is 0.454 e. The highest BCUT2D eigenvalue weighted by Crippen LogP contribution is 2.42. The van der Waals surface area contributed by atoms with Crippen LogP contribution in [0.15, 0.2) is 16.6 Å². The number of rotatable bonds is 3. The van der Waals surface area contributed by atoms with Crippen molar-refractivity contribution in [2.75, 3.05) is 13.9 Å². The van der Waals surface area contributed by atoms with E-state index in [1.54, 1.807) is 19.2 Å². The third-order valence-corrected chi connectivity index (χ3v) is 4.46. The molecule has 0 saturated carbocycles. The second-order valence-corrected chi connectivity index (χ2v) is 5.78. The number of benzene rings is 1. The molecule has 0 fully saturated rings. The molecule has 2 aromatic rings. The van der Waals surface area contributed by atoms with Crippen molar-refractivity contribution in [1.82, 2.24) is 9.97 Å². The molecule has 0 radical (unpaired) electrons. The molecule has 1 aromatic carbocycles. The van der Waals surface area contributed by atoms with Gasteiger partial charge >= 0.3 is 0 Å². The van der Waals surface area contributed by atoms with Gasteiger partial charge in [0.1, 0.15) is 5.15 Å². The average Bonchev–Trinajstić information content (AvgIpc) is 2.92. The molecule has 0 spiro atoms. The molecule has 0 bridgehead atoms. The summed E-state index contributed by atoms with van der Waals surface area (Å²) in [7, 11) is 1.58. The maximum atomic E-state index is 6.17. The van der Waals surface area contributed by atoms with Gasteiger partial charge in [-0.1, -0.05) is 23.2 Å². The van der Waals surface area contributed by atoms with Gasteiger partial charge in [0.2, 0.25) is 6.79 Å². The number of fused-ring (bicyclic) bond motifs is 1. The predicted octanol–water partition coefficient (Wildman–Crippen LogP) is 4.09. The van der Waals surface area contributed by atoms with Gasteiger partial charge in [-0.3, -0.25) is 0 Å². The van der Waals surface area contributed by atoms with E-state index in [0.717, 1.165) is 0 Å². The molecule has 21 heavy (non-hydrogen) atoms. The topological polar surface area (TPSA) is 53.5 Å².